The SMILES string of the molecule is NC1CC2CCCC(C1)C2NC(=O)C1CC1c1ccc(F)c(F)c1. The zero-order valence-corrected chi connectivity index (χ0v) is 13.7. The largest absolute Gasteiger partial charge is 0.353 e. The summed E-state index contributed by atoms with van der Waals surface area (Å²) in [5, 5.41) is 3.27. The van der Waals surface area contributed by atoms with E-state index in [2.05, 4.69) is 5.32 Å². The fraction of sp³-hybridized carbons (Fsp3) is 0.632. The van der Waals surface area contributed by atoms with Gasteiger partial charge < -0.3 is 11.1 Å². The average Bonchev–Trinajstić information content (AvgIpc) is 3.31. The van der Waals surface area contributed by atoms with Crippen molar-refractivity contribution < 1.29 is 13.6 Å². The third-order valence-electron chi connectivity index (χ3n) is 6.18. The molecule has 1 aromatic rings. The van der Waals surface area contributed by atoms with E-state index in [-0.39, 0.29) is 29.8 Å². The molecule has 0 spiro atoms. The van der Waals surface area contributed by atoms with Gasteiger partial charge in [-0.05, 0) is 67.6 Å². The van der Waals surface area contributed by atoms with E-state index in [9.17, 15) is 13.6 Å². The molecule has 0 saturated heterocycles. The molecule has 3 saturated carbocycles. The number of rotatable bonds is 3. The van der Waals surface area contributed by atoms with Gasteiger partial charge in [-0.25, -0.2) is 8.78 Å². The summed E-state index contributed by atoms with van der Waals surface area (Å²) in [6.07, 6.45) is 6.24. The van der Waals surface area contributed by atoms with Gasteiger partial charge in [-0.15, -0.1) is 0 Å². The van der Waals surface area contributed by atoms with Gasteiger partial charge in [-0.1, -0.05) is 12.5 Å². The predicted molar refractivity (Wildman–Crippen MR) is 87.2 cm³/mol. The van der Waals surface area contributed by atoms with Gasteiger partial charge in [-0.3, -0.25) is 4.79 Å². The zero-order valence-electron chi connectivity index (χ0n) is 13.7. The highest BCUT2D eigenvalue weighted by atomic mass is 19.2. The van der Waals surface area contributed by atoms with E-state index in [0.717, 1.165) is 43.7 Å². The number of hydrogen-bond acceptors (Lipinski definition) is 2. The lowest BCUT2D eigenvalue weighted by Gasteiger charge is -2.45. The molecule has 5 heteroatoms. The fourth-order valence-electron chi connectivity index (χ4n) is 4.89. The first-order chi connectivity index (χ1) is 11.5. The monoisotopic (exact) mass is 334 g/mol. The van der Waals surface area contributed by atoms with Crippen LogP contribution in [-0.4, -0.2) is 18.0 Å². The number of carbonyl (C=O) groups is 1. The molecule has 4 atom stereocenters. The lowest BCUT2D eigenvalue weighted by Crippen LogP contribution is -2.54. The average molecular weight is 334 g/mol. The number of nitrogens with one attached hydrogen (secondary N) is 1. The summed E-state index contributed by atoms with van der Waals surface area (Å²) in [6.45, 7) is 0. The number of nitrogens with two attached hydrogens (primary N) is 1. The van der Waals surface area contributed by atoms with Crippen LogP contribution in [0.3, 0.4) is 0 Å². The van der Waals surface area contributed by atoms with Crippen LogP contribution in [0.5, 0.6) is 0 Å². The van der Waals surface area contributed by atoms with Gasteiger partial charge in [0.1, 0.15) is 0 Å². The maximum Gasteiger partial charge on any atom is 0.223 e. The summed E-state index contributed by atoms with van der Waals surface area (Å²) in [6, 6.07) is 4.47. The Morgan fingerprint density at radius 1 is 1.08 bits per heavy atom. The topological polar surface area (TPSA) is 55.1 Å². The summed E-state index contributed by atoms with van der Waals surface area (Å²) in [5.41, 5.74) is 6.86. The second kappa shape index (κ2) is 6.10. The highest BCUT2D eigenvalue weighted by molar-refractivity contribution is 5.83. The van der Waals surface area contributed by atoms with Crippen molar-refractivity contribution in [2.75, 3.05) is 0 Å². The van der Waals surface area contributed by atoms with Crippen LogP contribution in [-0.2, 0) is 4.79 Å². The van der Waals surface area contributed by atoms with Crippen molar-refractivity contribution in [3.05, 3.63) is 35.4 Å². The van der Waals surface area contributed by atoms with Crippen LogP contribution in [0.15, 0.2) is 18.2 Å². The maximum atomic E-state index is 13.4. The molecule has 0 aliphatic heterocycles. The molecule has 0 radical (unpaired) electrons. The Labute approximate surface area is 141 Å². The Kier molecular flexibility index (Phi) is 4.07. The Morgan fingerprint density at radius 2 is 1.79 bits per heavy atom. The highest BCUT2D eigenvalue weighted by Gasteiger charge is 2.47. The number of hydrogen-bond donors (Lipinski definition) is 2. The molecule has 3 aliphatic carbocycles. The summed E-state index contributed by atoms with van der Waals surface area (Å²) in [4.78, 5) is 12.6. The van der Waals surface area contributed by atoms with E-state index in [4.69, 9.17) is 5.73 Å². The van der Waals surface area contributed by atoms with Gasteiger partial charge in [0, 0.05) is 18.0 Å². The second-order valence-corrected chi connectivity index (χ2v) is 7.84. The van der Waals surface area contributed by atoms with Crippen molar-refractivity contribution in [1.29, 1.82) is 0 Å². The molecule has 0 aromatic heterocycles. The lowest BCUT2D eigenvalue weighted by molar-refractivity contribution is -0.124. The summed E-state index contributed by atoms with van der Waals surface area (Å²) < 4.78 is 26.4. The molecule has 24 heavy (non-hydrogen) atoms. The molecular formula is C19H24F2N2O. The normalized spacial score (nSPS) is 37.8. The first-order valence-corrected chi connectivity index (χ1v) is 9.04. The highest BCUT2D eigenvalue weighted by Crippen LogP contribution is 2.48. The van der Waals surface area contributed by atoms with Crippen molar-refractivity contribution in [2.24, 2.45) is 23.5 Å². The Morgan fingerprint density at radius 3 is 2.46 bits per heavy atom. The summed E-state index contributed by atoms with van der Waals surface area (Å²) in [5.74, 6) is -0.700. The van der Waals surface area contributed by atoms with Crippen LogP contribution in [0.2, 0.25) is 0 Å². The van der Waals surface area contributed by atoms with Crippen molar-refractivity contribution >= 4 is 5.91 Å². The van der Waals surface area contributed by atoms with Crippen molar-refractivity contribution in [1.82, 2.24) is 5.32 Å². The van der Waals surface area contributed by atoms with Gasteiger partial charge in [-0.2, -0.15) is 0 Å². The van der Waals surface area contributed by atoms with Crippen LogP contribution >= 0.6 is 0 Å². The Bertz CT molecular complexity index is 636. The predicted octanol–water partition coefficient (Wildman–Crippen LogP) is 3.09. The molecule has 3 N–H and O–H groups in total. The molecular weight excluding hydrogens is 310 g/mol. The van der Waals surface area contributed by atoms with Crippen LogP contribution in [0, 0.1) is 29.4 Å². The molecule has 130 valence electrons. The summed E-state index contributed by atoms with van der Waals surface area (Å²) in [7, 11) is 0. The first kappa shape index (κ1) is 16.0. The number of halogens is 2. The second-order valence-electron chi connectivity index (χ2n) is 7.84. The number of fused-ring (bicyclic) bond motifs is 2. The molecule has 2 bridgehead atoms. The van der Waals surface area contributed by atoms with E-state index >= 15 is 0 Å². The molecule has 3 fully saturated rings. The van der Waals surface area contributed by atoms with Gasteiger partial charge in [0.05, 0.1) is 0 Å². The first-order valence-electron chi connectivity index (χ1n) is 9.04. The third-order valence-corrected chi connectivity index (χ3v) is 6.18. The van der Waals surface area contributed by atoms with Crippen molar-refractivity contribution in [2.45, 2.75) is 56.5 Å². The van der Waals surface area contributed by atoms with Gasteiger partial charge in [0.25, 0.3) is 0 Å². The third kappa shape index (κ3) is 2.94. The minimum atomic E-state index is -0.841. The Balaban J connectivity index is 1.40. The van der Waals surface area contributed by atoms with Gasteiger partial charge in [0.15, 0.2) is 11.6 Å². The molecule has 4 unspecified atom stereocenters. The zero-order chi connectivity index (χ0) is 16.8. The fourth-order valence-corrected chi connectivity index (χ4v) is 4.89. The number of amides is 1. The molecule has 3 aliphatic rings. The number of benzene rings is 1. The van der Waals surface area contributed by atoms with Gasteiger partial charge in [0.2, 0.25) is 5.91 Å². The van der Waals surface area contributed by atoms with Gasteiger partial charge >= 0.3 is 0 Å². The standard InChI is InChI=1S/C19H24F2N2O/c20-16-5-4-10(8-17(16)21)14-9-15(14)19(24)23-18-11-2-1-3-12(18)7-13(22)6-11/h4-5,8,11-15,18H,1-3,6-7,9,22H2,(H,23,24). The van der Waals surface area contributed by atoms with Crippen molar-refractivity contribution in [3.63, 3.8) is 0 Å². The molecule has 1 aromatic carbocycles. The molecule has 4 rings (SSSR count). The molecule has 1 amide bonds. The quantitative estimate of drug-likeness (QED) is 0.892. The lowest BCUT2D eigenvalue weighted by atomic mass is 9.67. The van der Waals surface area contributed by atoms with Crippen molar-refractivity contribution in [3.8, 4) is 0 Å². The minimum absolute atomic E-state index is 0.0192. The molecule has 0 heterocycles. The van der Waals surface area contributed by atoms with E-state index in [0.29, 0.717) is 11.8 Å². The van der Waals surface area contributed by atoms with E-state index < -0.39 is 11.6 Å². The van der Waals surface area contributed by atoms with E-state index in [1.165, 1.54) is 12.5 Å². The number of carbonyl (C=O) groups excluding carboxylic acids is 1. The van der Waals surface area contributed by atoms with E-state index in [1.54, 1.807) is 6.07 Å². The Hall–Kier alpha value is -1.49. The summed E-state index contributed by atoms with van der Waals surface area (Å²) >= 11 is 0. The molecule has 3 nitrogen and oxygen atoms in total. The van der Waals surface area contributed by atoms with Crippen LogP contribution in [0.1, 0.15) is 50.0 Å². The maximum absolute atomic E-state index is 13.4. The van der Waals surface area contributed by atoms with Crippen LogP contribution in [0.4, 0.5) is 8.78 Å². The minimum Gasteiger partial charge on any atom is -0.353 e. The van der Waals surface area contributed by atoms with Crippen LogP contribution in [0.25, 0.3) is 0 Å². The van der Waals surface area contributed by atoms with E-state index in [1.807, 2.05) is 0 Å². The van der Waals surface area contributed by atoms with Crippen LogP contribution < -0.4 is 11.1 Å². The smallest absolute Gasteiger partial charge is 0.223 e.